The van der Waals surface area contributed by atoms with E-state index in [1.165, 1.54) is 0 Å². The van der Waals surface area contributed by atoms with Crippen molar-refractivity contribution >= 4 is 17.7 Å². The standard InChI is InChI=1S/C20H28N2O5/c1-2-3-13-25-18(23)16-5-7-17(8-6-16)21-19(24)22-11-9-20(10-12-22)26-14-4-15-27-20/h5-8H,2-4,9-15H2,1H3,(H,21,24). The van der Waals surface area contributed by atoms with Crippen molar-refractivity contribution in [3.63, 3.8) is 0 Å². The van der Waals surface area contributed by atoms with E-state index in [1.54, 1.807) is 29.2 Å². The van der Waals surface area contributed by atoms with Gasteiger partial charge >= 0.3 is 12.0 Å². The highest BCUT2D eigenvalue weighted by Gasteiger charge is 2.39. The van der Waals surface area contributed by atoms with Crippen LogP contribution < -0.4 is 5.32 Å². The highest BCUT2D eigenvalue weighted by atomic mass is 16.7. The van der Waals surface area contributed by atoms with Gasteiger partial charge in [-0.15, -0.1) is 0 Å². The van der Waals surface area contributed by atoms with Crippen molar-refractivity contribution in [2.75, 3.05) is 38.2 Å². The van der Waals surface area contributed by atoms with Crippen molar-refractivity contribution in [2.45, 2.75) is 44.8 Å². The van der Waals surface area contributed by atoms with E-state index in [-0.39, 0.29) is 12.0 Å². The minimum atomic E-state index is -0.505. The maximum atomic E-state index is 12.5. The second-order valence-corrected chi connectivity index (χ2v) is 6.95. The number of hydrogen-bond donors (Lipinski definition) is 1. The van der Waals surface area contributed by atoms with Crippen LogP contribution in [0.5, 0.6) is 0 Å². The van der Waals surface area contributed by atoms with E-state index >= 15 is 0 Å². The Morgan fingerprint density at radius 3 is 2.44 bits per heavy atom. The van der Waals surface area contributed by atoms with Crippen LogP contribution in [0.3, 0.4) is 0 Å². The van der Waals surface area contributed by atoms with Gasteiger partial charge in [0, 0.05) is 31.6 Å². The third-order valence-electron chi connectivity index (χ3n) is 4.93. The summed E-state index contributed by atoms with van der Waals surface area (Å²) in [6.07, 6.45) is 4.13. The first-order valence-electron chi connectivity index (χ1n) is 9.73. The first-order valence-corrected chi connectivity index (χ1v) is 9.73. The van der Waals surface area contributed by atoms with Crippen molar-refractivity contribution in [3.05, 3.63) is 29.8 Å². The molecule has 1 spiro atoms. The van der Waals surface area contributed by atoms with Crippen LogP contribution in [0.4, 0.5) is 10.5 Å². The van der Waals surface area contributed by atoms with E-state index < -0.39 is 5.79 Å². The van der Waals surface area contributed by atoms with E-state index in [1.807, 2.05) is 6.92 Å². The number of likely N-dealkylation sites (tertiary alicyclic amines) is 1. The monoisotopic (exact) mass is 376 g/mol. The average Bonchev–Trinajstić information content (AvgIpc) is 2.70. The number of nitrogens with zero attached hydrogens (tertiary/aromatic N) is 1. The summed E-state index contributed by atoms with van der Waals surface area (Å²) >= 11 is 0. The van der Waals surface area contributed by atoms with Gasteiger partial charge in [0.1, 0.15) is 0 Å². The number of carbonyl (C=O) groups excluding carboxylic acids is 2. The number of rotatable bonds is 5. The summed E-state index contributed by atoms with van der Waals surface area (Å²) in [7, 11) is 0. The van der Waals surface area contributed by atoms with Gasteiger partial charge in [-0.3, -0.25) is 0 Å². The Bertz CT molecular complexity index is 630. The molecule has 0 aromatic heterocycles. The molecule has 7 nitrogen and oxygen atoms in total. The Morgan fingerprint density at radius 2 is 1.81 bits per heavy atom. The van der Waals surface area contributed by atoms with E-state index in [9.17, 15) is 9.59 Å². The highest BCUT2D eigenvalue weighted by Crippen LogP contribution is 2.30. The predicted molar refractivity (Wildman–Crippen MR) is 101 cm³/mol. The van der Waals surface area contributed by atoms with Crippen LogP contribution in [0.2, 0.25) is 0 Å². The second kappa shape index (κ2) is 9.19. The molecule has 1 aromatic carbocycles. The fourth-order valence-electron chi connectivity index (χ4n) is 3.24. The number of nitrogens with one attached hydrogen (secondary N) is 1. The summed E-state index contributed by atoms with van der Waals surface area (Å²) in [5.74, 6) is -0.843. The van der Waals surface area contributed by atoms with Crippen molar-refractivity contribution in [1.82, 2.24) is 4.90 Å². The Balaban J connectivity index is 1.47. The van der Waals surface area contributed by atoms with Gasteiger partial charge in [-0.2, -0.15) is 0 Å². The maximum Gasteiger partial charge on any atom is 0.338 e. The molecule has 7 heteroatoms. The molecule has 2 heterocycles. The first-order chi connectivity index (χ1) is 13.1. The predicted octanol–water partition coefficient (Wildman–Crippen LogP) is 3.40. The number of piperidine rings is 1. The molecular weight excluding hydrogens is 348 g/mol. The lowest BCUT2D eigenvalue weighted by Gasteiger charge is -2.43. The summed E-state index contributed by atoms with van der Waals surface area (Å²) < 4.78 is 16.8. The summed E-state index contributed by atoms with van der Waals surface area (Å²) in [6, 6.07) is 6.61. The largest absolute Gasteiger partial charge is 0.462 e. The number of benzene rings is 1. The average molecular weight is 376 g/mol. The number of esters is 1. The van der Waals surface area contributed by atoms with Gasteiger partial charge in [-0.25, -0.2) is 9.59 Å². The zero-order valence-electron chi connectivity index (χ0n) is 15.9. The van der Waals surface area contributed by atoms with Gasteiger partial charge in [-0.05, 0) is 37.1 Å². The van der Waals surface area contributed by atoms with Gasteiger partial charge in [0.15, 0.2) is 5.79 Å². The molecule has 2 fully saturated rings. The Kier molecular flexibility index (Phi) is 6.68. The number of amides is 2. The molecule has 2 aliphatic rings. The fourth-order valence-corrected chi connectivity index (χ4v) is 3.24. The topological polar surface area (TPSA) is 77.1 Å². The summed E-state index contributed by atoms with van der Waals surface area (Å²) in [5, 5.41) is 2.87. The Hall–Kier alpha value is -2.12. The third kappa shape index (κ3) is 5.20. The van der Waals surface area contributed by atoms with Gasteiger partial charge in [0.2, 0.25) is 0 Å². The highest BCUT2D eigenvalue weighted by molar-refractivity contribution is 5.92. The minimum Gasteiger partial charge on any atom is -0.462 e. The summed E-state index contributed by atoms with van der Waals surface area (Å²) in [5.41, 5.74) is 1.13. The molecule has 2 aliphatic heterocycles. The van der Waals surface area contributed by atoms with Gasteiger partial charge in [0.25, 0.3) is 0 Å². The minimum absolute atomic E-state index is 0.154. The normalized spacial score (nSPS) is 18.9. The summed E-state index contributed by atoms with van der Waals surface area (Å²) in [4.78, 5) is 26.1. The lowest BCUT2D eigenvalue weighted by Crippen LogP contribution is -2.52. The van der Waals surface area contributed by atoms with E-state index in [0.717, 1.165) is 32.5 Å². The first kappa shape index (κ1) is 19.6. The van der Waals surface area contributed by atoms with Crippen LogP contribution in [0.1, 0.15) is 49.4 Å². The van der Waals surface area contributed by atoms with Crippen molar-refractivity contribution in [2.24, 2.45) is 0 Å². The van der Waals surface area contributed by atoms with Crippen LogP contribution in [0, 0.1) is 0 Å². The molecule has 0 aliphatic carbocycles. The van der Waals surface area contributed by atoms with Crippen LogP contribution >= 0.6 is 0 Å². The number of hydrogen-bond acceptors (Lipinski definition) is 5. The third-order valence-corrected chi connectivity index (χ3v) is 4.93. The molecular formula is C20H28N2O5. The smallest absolute Gasteiger partial charge is 0.338 e. The number of anilines is 1. The molecule has 1 N–H and O–H groups in total. The molecule has 2 amide bonds. The van der Waals surface area contributed by atoms with E-state index in [4.69, 9.17) is 14.2 Å². The molecule has 27 heavy (non-hydrogen) atoms. The van der Waals surface area contributed by atoms with Crippen LogP contribution in [-0.4, -0.2) is 55.6 Å². The number of unbranched alkanes of at least 4 members (excludes halogenated alkanes) is 1. The summed E-state index contributed by atoms with van der Waals surface area (Å²) in [6.45, 7) is 5.10. The van der Waals surface area contributed by atoms with Gasteiger partial charge in [0.05, 0.1) is 25.4 Å². The Morgan fingerprint density at radius 1 is 1.15 bits per heavy atom. The molecule has 0 unspecified atom stereocenters. The lowest BCUT2D eigenvalue weighted by atomic mass is 10.0. The number of ether oxygens (including phenoxy) is 3. The van der Waals surface area contributed by atoms with Crippen LogP contribution in [0.25, 0.3) is 0 Å². The number of urea groups is 1. The molecule has 1 aromatic rings. The zero-order chi connectivity index (χ0) is 19.1. The molecule has 148 valence electrons. The molecule has 0 atom stereocenters. The number of carbonyl (C=O) groups is 2. The molecule has 0 saturated carbocycles. The Labute approximate surface area is 160 Å². The van der Waals surface area contributed by atoms with E-state index in [0.29, 0.717) is 43.8 Å². The van der Waals surface area contributed by atoms with Crippen molar-refractivity contribution in [3.8, 4) is 0 Å². The lowest BCUT2D eigenvalue weighted by molar-refractivity contribution is -0.281. The van der Waals surface area contributed by atoms with Crippen molar-refractivity contribution in [1.29, 1.82) is 0 Å². The van der Waals surface area contributed by atoms with Gasteiger partial charge in [-0.1, -0.05) is 13.3 Å². The molecule has 2 saturated heterocycles. The maximum absolute atomic E-state index is 12.5. The van der Waals surface area contributed by atoms with Gasteiger partial charge < -0.3 is 24.4 Å². The quantitative estimate of drug-likeness (QED) is 0.629. The van der Waals surface area contributed by atoms with E-state index in [2.05, 4.69) is 5.32 Å². The molecule has 0 bridgehead atoms. The second-order valence-electron chi connectivity index (χ2n) is 6.95. The molecule has 3 rings (SSSR count). The zero-order valence-corrected chi connectivity index (χ0v) is 15.9. The SMILES string of the molecule is CCCCOC(=O)c1ccc(NC(=O)N2CCC3(CC2)OCCCO3)cc1. The molecule has 0 radical (unpaired) electrons. The van der Waals surface area contributed by atoms with Crippen LogP contribution in [-0.2, 0) is 14.2 Å². The fraction of sp³-hybridized carbons (Fsp3) is 0.600. The van der Waals surface area contributed by atoms with Crippen molar-refractivity contribution < 1.29 is 23.8 Å². The van der Waals surface area contributed by atoms with Crippen LogP contribution in [0.15, 0.2) is 24.3 Å².